The molecule has 0 unspecified atom stereocenters. The van der Waals surface area contributed by atoms with E-state index in [4.69, 9.17) is 33.8 Å². The summed E-state index contributed by atoms with van der Waals surface area (Å²) in [6, 6.07) is 9.42. The Bertz CT molecular complexity index is 791. The fraction of sp³-hybridized carbons (Fsp3) is 0. The first kappa shape index (κ1) is 16.7. The second kappa shape index (κ2) is 7.08. The van der Waals surface area contributed by atoms with E-state index in [0.29, 0.717) is 10.6 Å². The zero-order valence-corrected chi connectivity index (χ0v) is 12.9. The minimum atomic E-state index is -0.812. The van der Waals surface area contributed by atoms with Gasteiger partial charge in [0.15, 0.2) is 5.84 Å². The Labute approximate surface area is 140 Å². The number of hydrogen-bond acceptors (Lipinski definition) is 5. The first-order chi connectivity index (χ1) is 10.9. The first-order valence-corrected chi connectivity index (χ1v) is 6.89. The minimum Gasteiger partial charge on any atom is -0.380 e. The Morgan fingerprint density at radius 3 is 2.39 bits per heavy atom. The van der Waals surface area contributed by atoms with Crippen molar-refractivity contribution in [2.75, 3.05) is 0 Å². The van der Waals surface area contributed by atoms with Crippen LogP contribution in [0.2, 0.25) is 10.0 Å². The number of carbonyl (C=O) groups excluding carboxylic acids is 1. The standard InChI is InChI=1S/C14H9Cl2N3O4/c15-9-3-6-11(12(16)7-9)13(17)18-23-14(20)8-1-4-10(5-2-8)19(21)22/h1-7H,(H2,17,18). The summed E-state index contributed by atoms with van der Waals surface area (Å²) >= 11 is 11.7. The molecule has 2 rings (SSSR count). The summed E-state index contributed by atoms with van der Waals surface area (Å²) in [6.07, 6.45) is 0. The molecule has 0 atom stereocenters. The van der Waals surface area contributed by atoms with Gasteiger partial charge in [-0.05, 0) is 30.3 Å². The third-order valence-corrected chi connectivity index (χ3v) is 3.30. The molecule has 0 spiro atoms. The predicted molar refractivity (Wildman–Crippen MR) is 85.7 cm³/mol. The number of hydrogen-bond donors (Lipinski definition) is 1. The van der Waals surface area contributed by atoms with Crippen LogP contribution in [0.3, 0.4) is 0 Å². The van der Waals surface area contributed by atoms with Gasteiger partial charge in [-0.15, -0.1) is 0 Å². The van der Waals surface area contributed by atoms with Crippen molar-refractivity contribution >= 4 is 40.7 Å². The van der Waals surface area contributed by atoms with Gasteiger partial charge in [0, 0.05) is 22.7 Å². The lowest BCUT2D eigenvalue weighted by Crippen LogP contribution is -2.15. The molecular weight excluding hydrogens is 345 g/mol. The number of carbonyl (C=O) groups is 1. The van der Waals surface area contributed by atoms with Crippen LogP contribution in [0.15, 0.2) is 47.6 Å². The van der Waals surface area contributed by atoms with Gasteiger partial charge in [0.05, 0.1) is 15.5 Å². The van der Waals surface area contributed by atoms with Gasteiger partial charge in [-0.2, -0.15) is 0 Å². The van der Waals surface area contributed by atoms with Gasteiger partial charge in [-0.25, -0.2) is 4.79 Å². The lowest BCUT2D eigenvalue weighted by atomic mass is 10.2. The van der Waals surface area contributed by atoms with Crippen LogP contribution >= 0.6 is 23.2 Å². The lowest BCUT2D eigenvalue weighted by molar-refractivity contribution is -0.384. The molecule has 0 radical (unpaired) electrons. The summed E-state index contributed by atoms with van der Waals surface area (Å²) in [4.78, 5) is 26.4. The Morgan fingerprint density at radius 2 is 1.83 bits per heavy atom. The van der Waals surface area contributed by atoms with Crippen molar-refractivity contribution in [2.24, 2.45) is 10.9 Å². The second-order valence-electron chi connectivity index (χ2n) is 4.28. The van der Waals surface area contributed by atoms with Crippen LogP contribution in [0.1, 0.15) is 15.9 Å². The highest BCUT2D eigenvalue weighted by molar-refractivity contribution is 6.36. The zero-order chi connectivity index (χ0) is 17.0. The molecule has 0 heterocycles. The molecule has 0 aliphatic heterocycles. The highest BCUT2D eigenvalue weighted by Crippen LogP contribution is 2.21. The third-order valence-electron chi connectivity index (χ3n) is 2.75. The molecular formula is C14H9Cl2N3O4. The van der Waals surface area contributed by atoms with E-state index < -0.39 is 10.9 Å². The van der Waals surface area contributed by atoms with E-state index in [0.717, 1.165) is 0 Å². The fourth-order valence-electron chi connectivity index (χ4n) is 1.61. The highest BCUT2D eigenvalue weighted by Gasteiger charge is 2.12. The topological polar surface area (TPSA) is 108 Å². The molecule has 9 heteroatoms. The normalized spacial score (nSPS) is 11.1. The van der Waals surface area contributed by atoms with E-state index in [9.17, 15) is 14.9 Å². The predicted octanol–water partition coefficient (Wildman–Crippen LogP) is 3.38. The maximum atomic E-state index is 11.8. The Balaban J connectivity index is 2.12. The van der Waals surface area contributed by atoms with Gasteiger partial charge in [-0.3, -0.25) is 10.1 Å². The molecule has 2 aromatic rings. The maximum Gasteiger partial charge on any atom is 0.365 e. The van der Waals surface area contributed by atoms with Crippen molar-refractivity contribution in [3.05, 3.63) is 73.8 Å². The Hall–Kier alpha value is -2.64. The number of rotatable bonds is 4. The lowest BCUT2D eigenvalue weighted by Gasteiger charge is -2.04. The maximum absolute atomic E-state index is 11.8. The van der Waals surface area contributed by atoms with Gasteiger partial charge in [0.2, 0.25) is 0 Å². The van der Waals surface area contributed by atoms with Crippen LogP contribution in [0.4, 0.5) is 5.69 Å². The number of nitro benzene ring substituents is 1. The summed E-state index contributed by atoms with van der Waals surface area (Å²) < 4.78 is 0. The summed E-state index contributed by atoms with van der Waals surface area (Å²) in [7, 11) is 0. The fourth-order valence-corrected chi connectivity index (χ4v) is 2.11. The number of non-ortho nitro benzene ring substituents is 1. The Kier molecular flexibility index (Phi) is 5.15. The number of nitrogens with zero attached hydrogens (tertiary/aromatic N) is 2. The first-order valence-electron chi connectivity index (χ1n) is 6.13. The van der Waals surface area contributed by atoms with E-state index in [2.05, 4.69) is 5.16 Å². The van der Waals surface area contributed by atoms with Crippen molar-refractivity contribution in [1.82, 2.24) is 0 Å². The molecule has 23 heavy (non-hydrogen) atoms. The second-order valence-corrected chi connectivity index (χ2v) is 5.13. The van der Waals surface area contributed by atoms with E-state index in [1.807, 2.05) is 0 Å². The van der Waals surface area contributed by atoms with Gasteiger partial charge in [-0.1, -0.05) is 28.4 Å². The zero-order valence-electron chi connectivity index (χ0n) is 11.4. The van der Waals surface area contributed by atoms with Crippen molar-refractivity contribution in [3.8, 4) is 0 Å². The van der Waals surface area contributed by atoms with E-state index in [1.165, 1.54) is 36.4 Å². The molecule has 0 aliphatic carbocycles. The molecule has 0 amide bonds. The molecule has 0 aromatic heterocycles. The van der Waals surface area contributed by atoms with Gasteiger partial charge in [0.25, 0.3) is 5.69 Å². The molecule has 7 nitrogen and oxygen atoms in total. The molecule has 0 saturated heterocycles. The van der Waals surface area contributed by atoms with Crippen LogP contribution in [0, 0.1) is 10.1 Å². The molecule has 118 valence electrons. The molecule has 0 saturated carbocycles. The third kappa shape index (κ3) is 4.18. The van der Waals surface area contributed by atoms with Gasteiger partial charge in [0.1, 0.15) is 0 Å². The van der Waals surface area contributed by atoms with Crippen molar-refractivity contribution in [3.63, 3.8) is 0 Å². The van der Waals surface area contributed by atoms with E-state index >= 15 is 0 Å². The van der Waals surface area contributed by atoms with Crippen molar-refractivity contribution < 1.29 is 14.6 Å². The number of halogens is 2. The van der Waals surface area contributed by atoms with Crippen LogP contribution in [0.5, 0.6) is 0 Å². The van der Waals surface area contributed by atoms with E-state index in [1.54, 1.807) is 6.07 Å². The minimum absolute atomic E-state index is 0.0920. The summed E-state index contributed by atoms with van der Waals surface area (Å²) in [5, 5.41) is 14.7. The van der Waals surface area contributed by atoms with Crippen LogP contribution in [0.25, 0.3) is 0 Å². The number of benzene rings is 2. The van der Waals surface area contributed by atoms with Crippen LogP contribution in [-0.2, 0) is 4.84 Å². The molecule has 2 aromatic carbocycles. The molecule has 2 N–H and O–H groups in total. The summed E-state index contributed by atoms with van der Waals surface area (Å²) in [6.45, 7) is 0. The quantitative estimate of drug-likeness (QED) is 0.298. The van der Waals surface area contributed by atoms with Crippen LogP contribution < -0.4 is 5.73 Å². The molecule has 0 aliphatic rings. The monoisotopic (exact) mass is 353 g/mol. The van der Waals surface area contributed by atoms with Gasteiger partial charge >= 0.3 is 5.97 Å². The summed E-state index contributed by atoms with van der Waals surface area (Å²) in [5.74, 6) is -0.921. The van der Waals surface area contributed by atoms with Crippen LogP contribution in [-0.4, -0.2) is 16.7 Å². The molecule has 0 bridgehead atoms. The number of amidine groups is 1. The largest absolute Gasteiger partial charge is 0.380 e. The SMILES string of the molecule is NC(=NOC(=O)c1ccc([N+](=O)[O-])cc1)c1ccc(Cl)cc1Cl. The number of nitrogens with two attached hydrogens (primary N) is 1. The van der Waals surface area contributed by atoms with Gasteiger partial charge < -0.3 is 10.6 Å². The highest BCUT2D eigenvalue weighted by atomic mass is 35.5. The summed E-state index contributed by atoms with van der Waals surface area (Å²) in [5.41, 5.74) is 6.00. The van der Waals surface area contributed by atoms with Crippen molar-refractivity contribution in [1.29, 1.82) is 0 Å². The Morgan fingerprint density at radius 1 is 1.17 bits per heavy atom. The number of nitro groups is 1. The number of oxime groups is 1. The smallest absolute Gasteiger partial charge is 0.365 e. The average Bonchev–Trinajstić information content (AvgIpc) is 2.52. The van der Waals surface area contributed by atoms with Crippen molar-refractivity contribution in [2.45, 2.75) is 0 Å². The molecule has 0 fully saturated rings. The average molecular weight is 354 g/mol. The van der Waals surface area contributed by atoms with E-state index in [-0.39, 0.29) is 22.1 Å².